The van der Waals surface area contributed by atoms with E-state index in [2.05, 4.69) is 27.4 Å². The van der Waals surface area contributed by atoms with Gasteiger partial charge < -0.3 is 14.7 Å². The zero-order valence-electron chi connectivity index (χ0n) is 14.0. The van der Waals surface area contributed by atoms with Gasteiger partial charge in [0.05, 0.1) is 6.04 Å². The highest BCUT2D eigenvalue weighted by Gasteiger charge is 2.25. The molecule has 1 unspecified atom stereocenters. The number of likely N-dealkylation sites (N-methyl/N-ethyl adjacent to an activating group) is 1. The third kappa shape index (κ3) is 3.75. The van der Waals surface area contributed by atoms with Crippen molar-refractivity contribution in [1.29, 1.82) is 0 Å². The lowest BCUT2D eigenvalue weighted by molar-refractivity contribution is 0.0827. The Morgan fingerprint density at radius 1 is 1.33 bits per heavy atom. The molecule has 0 aliphatic carbocycles. The minimum atomic E-state index is -0.0299. The lowest BCUT2D eigenvalue weighted by Gasteiger charge is -2.30. The number of amides is 1. The SMILES string of the molecule is CN(C)C(=O)c1ccc(-c2nc(C3CNCCN3C)no2)cc1.Cl. The zero-order valence-corrected chi connectivity index (χ0v) is 14.8. The minimum Gasteiger partial charge on any atom is -0.345 e. The second-order valence-electron chi connectivity index (χ2n) is 5.94. The first-order valence-corrected chi connectivity index (χ1v) is 7.63. The first-order valence-electron chi connectivity index (χ1n) is 7.63. The van der Waals surface area contributed by atoms with Crippen LogP contribution in [0, 0.1) is 0 Å². The number of aromatic nitrogens is 2. The van der Waals surface area contributed by atoms with Crippen molar-refractivity contribution in [3.63, 3.8) is 0 Å². The van der Waals surface area contributed by atoms with Crippen molar-refractivity contribution in [2.75, 3.05) is 40.8 Å². The number of hydrogen-bond donors (Lipinski definition) is 1. The molecular formula is C16H22ClN5O2. The second kappa shape index (κ2) is 7.74. The quantitative estimate of drug-likeness (QED) is 0.901. The van der Waals surface area contributed by atoms with Crippen LogP contribution in [0.5, 0.6) is 0 Å². The Bertz CT molecular complexity index is 686. The van der Waals surface area contributed by atoms with Gasteiger partial charge in [-0.05, 0) is 31.3 Å². The minimum absolute atomic E-state index is 0. The van der Waals surface area contributed by atoms with E-state index < -0.39 is 0 Å². The van der Waals surface area contributed by atoms with Gasteiger partial charge in [-0.2, -0.15) is 4.98 Å². The molecule has 1 aliphatic rings. The number of halogens is 1. The van der Waals surface area contributed by atoms with Crippen molar-refractivity contribution in [3.8, 4) is 11.5 Å². The molecule has 0 bridgehead atoms. The number of carbonyl (C=O) groups excluding carboxylic acids is 1. The van der Waals surface area contributed by atoms with Crippen LogP contribution in [0.1, 0.15) is 22.2 Å². The van der Waals surface area contributed by atoms with Crippen molar-refractivity contribution < 1.29 is 9.32 Å². The van der Waals surface area contributed by atoms with Crippen LogP contribution < -0.4 is 5.32 Å². The number of nitrogens with one attached hydrogen (secondary N) is 1. The molecule has 7 nitrogen and oxygen atoms in total. The smallest absolute Gasteiger partial charge is 0.257 e. The molecule has 1 atom stereocenters. The Morgan fingerprint density at radius 2 is 2.04 bits per heavy atom. The van der Waals surface area contributed by atoms with Gasteiger partial charge in [0.25, 0.3) is 11.8 Å². The van der Waals surface area contributed by atoms with E-state index in [1.54, 1.807) is 31.1 Å². The highest BCUT2D eigenvalue weighted by atomic mass is 35.5. The fourth-order valence-electron chi connectivity index (χ4n) is 2.60. The molecule has 1 saturated heterocycles. The first kappa shape index (κ1) is 18.4. The summed E-state index contributed by atoms with van der Waals surface area (Å²) in [6, 6.07) is 7.33. The summed E-state index contributed by atoms with van der Waals surface area (Å²) in [7, 11) is 5.52. The zero-order chi connectivity index (χ0) is 16.4. The lowest BCUT2D eigenvalue weighted by atomic mass is 10.1. The largest absolute Gasteiger partial charge is 0.345 e. The predicted octanol–water partition coefficient (Wildman–Crippen LogP) is 1.44. The number of piperazine rings is 1. The molecule has 24 heavy (non-hydrogen) atoms. The van der Waals surface area contributed by atoms with Gasteiger partial charge in [-0.1, -0.05) is 5.16 Å². The summed E-state index contributed by atoms with van der Waals surface area (Å²) in [5.74, 6) is 1.13. The molecule has 0 saturated carbocycles. The van der Waals surface area contributed by atoms with Crippen molar-refractivity contribution in [1.82, 2.24) is 25.3 Å². The molecule has 1 aromatic heterocycles. The van der Waals surface area contributed by atoms with Crippen LogP contribution >= 0.6 is 12.4 Å². The van der Waals surface area contributed by atoms with Gasteiger partial charge in [-0.3, -0.25) is 9.69 Å². The van der Waals surface area contributed by atoms with Crippen LogP contribution in [0.15, 0.2) is 28.8 Å². The maximum atomic E-state index is 11.9. The molecule has 2 heterocycles. The summed E-state index contributed by atoms with van der Waals surface area (Å²) in [4.78, 5) is 20.2. The Labute approximate surface area is 147 Å². The van der Waals surface area contributed by atoms with E-state index in [0.717, 1.165) is 25.2 Å². The Balaban J connectivity index is 0.00000208. The summed E-state index contributed by atoms with van der Waals surface area (Å²) in [5.41, 5.74) is 1.44. The van der Waals surface area contributed by atoms with Crippen LogP contribution in [-0.2, 0) is 0 Å². The second-order valence-corrected chi connectivity index (χ2v) is 5.94. The van der Waals surface area contributed by atoms with E-state index in [1.165, 1.54) is 0 Å². The third-order valence-electron chi connectivity index (χ3n) is 4.04. The van der Waals surface area contributed by atoms with E-state index in [4.69, 9.17) is 4.52 Å². The summed E-state index contributed by atoms with van der Waals surface area (Å²) in [6.45, 7) is 2.74. The Hall–Kier alpha value is -1.96. The molecule has 0 spiro atoms. The third-order valence-corrected chi connectivity index (χ3v) is 4.04. The Kier molecular flexibility index (Phi) is 5.93. The number of rotatable bonds is 3. The molecule has 130 valence electrons. The molecule has 8 heteroatoms. The number of nitrogens with zero attached hydrogens (tertiary/aromatic N) is 4. The summed E-state index contributed by atoms with van der Waals surface area (Å²) in [5, 5.41) is 7.45. The molecule has 0 radical (unpaired) electrons. The standard InChI is InChI=1S/C16H21N5O2.ClH/c1-20(2)16(22)12-6-4-11(5-7-12)15-18-14(19-23-15)13-10-17-8-9-21(13)3;/h4-7,13,17H,8-10H2,1-3H3;1H. The van der Waals surface area contributed by atoms with Gasteiger partial charge in [0, 0.05) is 44.9 Å². The van der Waals surface area contributed by atoms with Crippen LogP contribution in [-0.4, -0.2) is 66.6 Å². The topological polar surface area (TPSA) is 74.5 Å². The fourth-order valence-corrected chi connectivity index (χ4v) is 2.60. The van der Waals surface area contributed by atoms with E-state index in [0.29, 0.717) is 17.3 Å². The normalized spacial score (nSPS) is 18.0. The fraction of sp³-hybridized carbons (Fsp3) is 0.438. The summed E-state index contributed by atoms with van der Waals surface area (Å²) in [6.07, 6.45) is 0. The lowest BCUT2D eigenvalue weighted by Crippen LogP contribution is -2.44. The molecule has 3 rings (SSSR count). The molecular weight excluding hydrogens is 330 g/mol. The molecule has 1 aromatic carbocycles. The molecule has 1 N–H and O–H groups in total. The maximum absolute atomic E-state index is 11.9. The van der Waals surface area contributed by atoms with Crippen LogP contribution in [0.2, 0.25) is 0 Å². The van der Waals surface area contributed by atoms with Gasteiger partial charge >= 0.3 is 0 Å². The van der Waals surface area contributed by atoms with E-state index in [-0.39, 0.29) is 24.4 Å². The van der Waals surface area contributed by atoms with E-state index in [9.17, 15) is 4.79 Å². The average Bonchev–Trinajstić information content (AvgIpc) is 3.04. The van der Waals surface area contributed by atoms with Gasteiger partial charge in [0.15, 0.2) is 5.82 Å². The predicted molar refractivity (Wildman–Crippen MR) is 93.2 cm³/mol. The highest BCUT2D eigenvalue weighted by Crippen LogP contribution is 2.23. The van der Waals surface area contributed by atoms with Crippen LogP contribution in [0.4, 0.5) is 0 Å². The van der Waals surface area contributed by atoms with Crippen molar-refractivity contribution in [2.45, 2.75) is 6.04 Å². The average molecular weight is 352 g/mol. The van der Waals surface area contributed by atoms with Gasteiger partial charge in [0.1, 0.15) is 0 Å². The number of benzene rings is 1. The van der Waals surface area contributed by atoms with Gasteiger partial charge in [0.2, 0.25) is 0 Å². The van der Waals surface area contributed by atoms with Crippen molar-refractivity contribution in [2.24, 2.45) is 0 Å². The Morgan fingerprint density at radius 3 is 2.67 bits per heavy atom. The maximum Gasteiger partial charge on any atom is 0.257 e. The van der Waals surface area contributed by atoms with Crippen molar-refractivity contribution in [3.05, 3.63) is 35.7 Å². The van der Waals surface area contributed by atoms with Crippen LogP contribution in [0.3, 0.4) is 0 Å². The summed E-state index contributed by atoms with van der Waals surface area (Å²) < 4.78 is 5.39. The monoisotopic (exact) mass is 351 g/mol. The summed E-state index contributed by atoms with van der Waals surface area (Å²) >= 11 is 0. The first-order chi connectivity index (χ1) is 11.1. The van der Waals surface area contributed by atoms with Crippen LogP contribution in [0.25, 0.3) is 11.5 Å². The molecule has 1 amide bonds. The van der Waals surface area contributed by atoms with E-state index >= 15 is 0 Å². The number of hydrogen-bond acceptors (Lipinski definition) is 6. The van der Waals surface area contributed by atoms with E-state index in [1.807, 2.05) is 12.1 Å². The molecule has 2 aromatic rings. The van der Waals surface area contributed by atoms with Gasteiger partial charge in [-0.15, -0.1) is 12.4 Å². The molecule has 1 fully saturated rings. The van der Waals surface area contributed by atoms with Crippen molar-refractivity contribution >= 4 is 18.3 Å². The molecule has 1 aliphatic heterocycles. The number of carbonyl (C=O) groups is 1. The highest BCUT2D eigenvalue weighted by molar-refractivity contribution is 5.94. The van der Waals surface area contributed by atoms with Gasteiger partial charge in [-0.25, -0.2) is 0 Å².